The van der Waals surface area contributed by atoms with Crippen LogP contribution in [0.5, 0.6) is 0 Å². The first-order valence-electron chi connectivity index (χ1n) is 14.9. The summed E-state index contributed by atoms with van der Waals surface area (Å²) in [4.78, 5) is 23.5. The van der Waals surface area contributed by atoms with Crippen molar-refractivity contribution >= 4 is 46.0 Å². The van der Waals surface area contributed by atoms with Crippen LogP contribution in [0.15, 0.2) is 90.5 Å². The summed E-state index contributed by atoms with van der Waals surface area (Å²) in [5.41, 5.74) is 2.76. The number of halogens is 5. The number of fused-ring (bicyclic) bond motifs is 1. The fraction of sp³-hybridized carbons (Fsp3) is 0.286. The summed E-state index contributed by atoms with van der Waals surface area (Å²) in [6, 6.07) is 18.3. The minimum absolute atomic E-state index is 0.00245. The lowest BCUT2D eigenvalue weighted by Gasteiger charge is -2.31. The Morgan fingerprint density at radius 3 is 2.43 bits per heavy atom. The number of carboxylic acid groups (broad SMARTS) is 1. The van der Waals surface area contributed by atoms with Crippen LogP contribution in [0.2, 0.25) is 5.02 Å². The van der Waals surface area contributed by atoms with E-state index in [1.54, 1.807) is 16.8 Å². The summed E-state index contributed by atoms with van der Waals surface area (Å²) in [5, 5.41) is 16.3. The van der Waals surface area contributed by atoms with Crippen LogP contribution < -0.4 is 5.32 Å². The molecule has 2 N–H and O–H groups in total. The molecule has 11 heteroatoms. The number of rotatable bonds is 11. The molecule has 0 spiro atoms. The molecule has 1 amide bonds. The van der Waals surface area contributed by atoms with Gasteiger partial charge < -0.3 is 10.4 Å². The van der Waals surface area contributed by atoms with Crippen LogP contribution in [-0.4, -0.2) is 38.7 Å². The Morgan fingerprint density at radius 1 is 1.11 bits per heavy atom. The molecule has 3 aromatic carbocycles. The Hall–Kier alpha value is -4.08. The van der Waals surface area contributed by atoms with Crippen molar-refractivity contribution in [2.45, 2.75) is 56.0 Å². The molecule has 4 aromatic rings. The number of carbonyl (C=O) groups excluding carboxylic acids is 1. The van der Waals surface area contributed by atoms with E-state index in [1.807, 2.05) is 67.6 Å². The molecular formula is C35H32Cl2F3N3O3. The summed E-state index contributed by atoms with van der Waals surface area (Å²) >= 11 is 12.9. The predicted octanol–water partition coefficient (Wildman–Crippen LogP) is 9.06. The first-order valence-corrected chi connectivity index (χ1v) is 15.8. The average molecular weight is 671 g/mol. The van der Waals surface area contributed by atoms with Crippen LogP contribution in [0.1, 0.15) is 71.6 Å². The number of alkyl halides is 4. The van der Waals surface area contributed by atoms with Gasteiger partial charge in [0.1, 0.15) is 5.52 Å². The molecule has 0 aliphatic heterocycles. The molecular weight excluding hydrogens is 638 g/mol. The molecule has 5 rings (SSSR count). The van der Waals surface area contributed by atoms with E-state index in [4.69, 9.17) is 33.4 Å². The fourth-order valence-electron chi connectivity index (χ4n) is 5.92. The third-order valence-corrected chi connectivity index (χ3v) is 8.66. The molecule has 240 valence electrons. The molecule has 0 fully saturated rings. The van der Waals surface area contributed by atoms with E-state index in [1.165, 1.54) is 0 Å². The SMILES string of the molecule is CCCC(c1ccc(C(=O)NCCC(=O)O)cc1)C(C1=CCC(Cl)C=C1)c1c2cc(C(F)(F)F)cc(Cl)c2nn1-c1ccccc1. The zero-order valence-electron chi connectivity index (χ0n) is 24.9. The lowest BCUT2D eigenvalue weighted by Crippen LogP contribution is -2.26. The molecule has 3 atom stereocenters. The van der Waals surface area contributed by atoms with E-state index in [2.05, 4.69) is 5.32 Å². The number of para-hydroxylation sites is 1. The number of aliphatic carboxylic acids is 1. The van der Waals surface area contributed by atoms with Gasteiger partial charge in [-0.25, -0.2) is 4.68 Å². The van der Waals surface area contributed by atoms with Crippen molar-refractivity contribution in [3.8, 4) is 5.69 Å². The highest BCUT2D eigenvalue weighted by molar-refractivity contribution is 6.35. The van der Waals surface area contributed by atoms with E-state index in [0.717, 1.165) is 29.7 Å². The van der Waals surface area contributed by atoms with Crippen molar-refractivity contribution in [1.29, 1.82) is 0 Å². The Kier molecular flexibility index (Phi) is 10.2. The number of hydrogen-bond donors (Lipinski definition) is 2. The number of carbonyl (C=O) groups is 2. The van der Waals surface area contributed by atoms with Gasteiger partial charge in [-0.1, -0.05) is 73.5 Å². The second-order valence-corrected chi connectivity index (χ2v) is 12.2. The van der Waals surface area contributed by atoms with Gasteiger partial charge in [0, 0.05) is 23.4 Å². The van der Waals surface area contributed by atoms with Gasteiger partial charge in [0.2, 0.25) is 0 Å². The smallest absolute Gasteiger partial charge is 0.416 e. The van der Waals surface area contributed by atoms with E-state index >= 15 is 0 Å². The molecule has 0 radical (unpaired) electrons. The molecule has 0 saturated heterocycles. The van der Waals surface area contributed by atoms with Gasteiger partial charge in [-0.3, -0.25) is 9.59 Å². The maximum atomic E-state index is 14.1. The van der Waals surface area contributed by atoms with E-state index in [-0.39, 0.29) is 34.8 Å². The van der Waals surface area contributed by atoms with Crippen molar-refractivity contribution in [2.75, 3.05) is 6.54 Å². The van der Waals surface area contributed by atoms with Crippen LogP contribution in [0.25, 0.3) is 16.6 Å². The Morgan fingerprint density at radius 2 is 1.83 bits per heavy atom. The maximum absolute atomic E-state index is 14.1. The number of aromatic nitrogens is 2. The van der Waals surface area contributed by atoms with Crippen molar-refractivity contribution in [3.63, 3.8) is 0 Å². The van der Waals surface area contributed by atoms with Gasteiger partial charge >= 0.3 is 12.1 Å². The lowest BCUT2D eigenvalue weighted by atomic mass is 9.74. The van der Waals surface area contributed by atoms with Crippen LogP contribution in [0.4, 0.5) is 13.2 Å². The number of nitrogens with one attached hydrogen (secondary N) is 1. The van der Waals surface area contributed by atoms with Crippen molar-refractivity contribution in [1.82, 2.24) is 15.1 Å². The third kappa shape index (κ3) is 7.32. The van der Waals surface area contributed by atoms with E-state index in [0.29, 0.717) is 35.2 Å². The van der Waals surface area contributed by atoms with Gasteiger partial charge in [0.15, 0.2) is 0 Å². The number of carboxylic acids is 1. The molecule has 0 bridgehead atoms. The normalized spacial score (nSPS) is 16.2. The standard InChI is InChI=1S/C35H32Cl2F3N3O3/c1-2-6-27(21-9-11-23(12-10-21)34(46)41-18-17-30(44)45)31(22-13-15-25(36)16-14-22)33-28-19-24(35(38,39)40)20-29(37)32(28)42-43(33)26-7-4-3-5-8-26/h3-5,7-15,19-20,25,27,31H,2,6,16-18H2,1H3,(H,41,46)(H,44,45). The minimum atomic E-state index is -4.63. The zero-order valence-corrected chi connectivity index (χ0v) is 26.4. The highest BCUT2D eigenvalue weighted by Crippen LogP contribution is 2.48. The highest BCUT2D eigenvalue weighted by atomic mass is 35.5. The molecule has 1 aromatic heterocycles. The lowest BCUT2D eigenvalue weighted by molar-refractivity contribution is -0.138. The first-order chi connectivity index (χ1) is 22.0. The number of hydrogen-bond acceptors (Lipinski definition) is 3. The van der Waals surface area contributed by atoms with Gasteiger partial charge in [-0.15, -0.1) is 11.6 Å². The number of benzene rings is 3. The predicted molar refractivity (Wildman–Crippen MR) is 174 cm³/mol. The van der Waals surface area contributed by atoms with Crippen molar-refractivity contribution in [3.05, 3.63) is 118 Å². The molecule has 1 heterocycles. The summed E-state index contributed by atoms with van der Waals surface area (Å²) in [6.45, 7) is 2.04. The van der Waals surface area contributed by atoms with Gasteiger partial charge in [0.05, 0.1) is 33.8 Å². The van der Waals surface area contributed by atoms with Crippen LogP contribution in [0.3, 0.4) is 0 Å². The Bertz CT molecular complexity index is 1780. The molecule has 3 unspecified atom stereocenters. The van der Waals surface area contributed by atoms with Crippen LogP contribution in [-0.2, 0) is 11.0 Å². The van der Waals surface area contributed by atoms with Crippen molar-refractivity contribution in [2.24, 2.45) is 0 Å². The van der Waals surface area contributed by atoms with Crippen LogP contribution in [0, 0.1) is 0 Å². The monoisotopic (exact) mass is 669 g/mol. The Balaban J connectivity index is 1.71. The second kappa shape index (κ2) is 14.1. The first kappa shape index (κ1) is 33.3. The van der Waals surface area contributed by atoms with E-state index < -0.39 is 29.5 Å². The van der Waals surface area contributed by atoms with Gasteiger partial charge in [0.25, 0.3) is 5.91 Å². The topological polar surface area (TPSA) is 84.2 Å². The van der Waals surface area contributed by atoms with Gasteiger partial charge in [-0.2, -0.15) is 18.3 Å². The number of nitrogens with zero attached hydrogens (tertiary/aromatic N) is 2. The summed E-state index contributed by atoms with van der Waals surface area (Å²) in [5.74, 6) is -2.13. The molecule has 1 aliphatic rings. The number of allylic oxidation sites excluding steroid dienone is 4. The molecule has 6 nitrogen and oxygen atoms in total. The maximum Gasteiger partial charge on any atom is 0.416 e. The summed E-state index contributed by atoms with van der Waals surface area (Å²) < 4.78 is 44.1. The summed E-state index contributed by atoms with van der Waals surface area (Å²) in [7, 11) is 0. The average Bonchev–Trinajstić information content (AvgIpc) is 3.41. The zero-order chi connectivity index (χ0) is 33.0. The fourth-order valence-corrected chi connectivity index (χ4v) is 6.34. The van der Waals surface area contributed by atoms with E-state index in [9.17, 15) is 22.8 Å². The van der Waals surface area contributed by atoms with Crippen LogP contribution >= 0.6 is 23.2 Å². The molecule has 1 aliphatic carbocycles. The third-order valence-electron chi connectivity index (χ3n) is 8.05. The Labute approximate surface area is 274 Å². The van der Waals surface area contributed by atoms with Crippen molar-refractivity contribution < 1.29 is 27.9 Å². The highest BCUT2D eigenvalue weighted by Gasteiger charge is 2.36. The molecule has 0 saturated carbocycles. The van der Waals surface area contributed by atoms with Gasteiger partial charge in [-0.05, 0) is 66.3 Å². The second-order valence-electron chi connectivity index (χ2n) is 11.2. The summed E-state index contributed by atoms with van der Waals surface area (Å²) in [6.07, 6.45) is 3.00. The quantitative estimate of drug-likeness (QED) is 0.156. The minimum Gasteiger partial charge on any atom is -0.481 e. The largest absolute Gasteiger partial charge is 0.481 e. The number of amides is 1. The molecule has 46 heavy (non-hydrogen) atoms.